The van der Waals surface area contributed by atoms with Gasteiger partial charge in [0.25, 0.3) is 0 Å². The number of hydrazine groups is 1. The molecule has 3 aromatic rings. The maximum Gasteiger partial charge on any atom is 0.0514 e. The van der Waals surface area contributed by atoms with E-state index in [1.54, 1.807) is 11.3 Å². The molecule has 1 aromatic heterocycles. The third-order valence-corrected chi connectivity index (χ3v) is 5.08. The molecule has 2 nitrogen and oxygen atoms in total. The minimum absolute atomic E-state index is 0.142. The second-order valence-corrected chi connectivity index (χ2v) is 6.44. The molecule has 21 heavy (non-hydrogen) atoms. The number of rotatable bonds is 4. The summed E-state index contributed by atoms with van der Waals surface area (Å²) in [5.41, 5.74) is 8.25. The van der Waals surface area contributed by atoms with Crippen molar-refractivity contribution in [2.45, 2.75) is 26.3 Å². The van der Waals surface area contributed by atoms with Gasteiger partial charge in [-0.2, -0.15) is 0 Å². The van der Waals surface area contributed by atoms with Crippen LogP contribution in [0.4, 0.5) is 0 Å². The molecule has 3 N–H and O–H groups in total. The predicted molar refractivity (Wildman–Crippen MR) is 91.5 cm³/mol. The molecule has 0 aliphatic carbocycles. The molecule has 0 spiro atoms. The van der Waals surface area contributed by atoms with Gasteiger partial charge in [-0.1, -0.05) is 36.4 Å². The van der Waals surface area contributed by atoms with Gasteiger partial charge in [-0.15, -0.1) is 11.3 Å². The molecule has 0 aliphatic rings. The Bertz CT molecular complexity index is 761. The van der Waals surface area contributed by atoms with E-state index in [4.69, 9.17) is 5.84 Å². The fourth-order valence-corrected chi connectivity index (χ4v) is 3.71. The molecule has 0 saturated heterocycles. The van der Waals surface area contributed by atoms with Crippen molar-refractivity contribution in [1.29, 1.82) is 0 Å². The van der Waals surface area contributed by atoms with E-state index >= 15 is 0 Å². The van der Waals surface area contributed by atoms with Crippen LogP contribution in [0.1, 0.15) is 28.3 Å². The first-order valence-electron chi connectivity index (χ1n) is 7.17. The molecule has 0 fully saturated rings. The molecule has 3 heteroatoms. The fourth-order valence-electron chi connectivity index (χ4n) is 2.69. The molecule has 0 radical (unpaired) electrons. The Morgan fingerprint density at radius 2 is 1.90 bits per heavy atom. The highest BCUT2D eigenvalue weighted by molar-refractivity contribution is 7.17. The first kappa shape index (κ1) is 14.3. The topological polar surface area (TPSA) is 38.0 Å². The molecule has 1 unspecified atom stereocenters. The smallest absolute Gasteiger partial charge is 0.0514 e. The van der Waals surface area contributed by atoms with E-state index in [0.29, 0.717) is 0 Å². The summed E-state index contributed by atoms with van der Waals surface area (Å²) in [5, 5.41) is 3.52. The van der Waals surface area contributed by atoms with Gasteiger partial charge in [-0.05, 0) is 59.4 Å². The first-order valence-corrected chi connectivity index (χ1v) is 8.05. The highest BCUT2D eigenvalue weighted by Gasteiger charge is 2.15. The van der Waals surface area contributed by atoms with E-state index < -0.39 is 0 Å². The van der Waals surface area contributed by atoms with Crippen LogP contribution < -0.4 is 11.3 Å². The summed E-state index contributed by atoms with van der Waals surface area (Å²) in [7, 11) is 0. The summed E-state index contributed by atoms with van der Waals surface area (Å²) in [6, 6.07) is 15.3. The lowest BCUT2D eigenvalue weighted by atomic mass is 9.96. The maximum atomic E-state index is 5.83. The zero-order chi connectivity index (χ0) is 14.8. The van der Waals surface area contributed by atoms with E-state index in [1.807, 2.05) is 0 Å². The Kier molecular flexibility index (Phi) is 4.06. The molecule has 0 aliphatic heterocycles. The third-order valence-electron chi connectivity index (χ3n) is 4.10. The second kappa shape index (κ2) is 5.98. The van der Waals surface area contributed by atoms with Gasteiger partial charge in [0.15, 0.2) is 0 Å². The number of nitrogens with two attached hydrogens (primary N) is 1. The summed E-state index contributed by atoms with van der Waals surface area (Å²) in [5.74, 6) is 5.83. The molecule has 1 atom stereocenters. The van der Waals surface area contributed by atoms with Crippen molar-refractivity contribution in [1.82, 2.24) is 5.43 Å². The quantitative estimate of drug-likeness (QED) is 0.557. The Hall–Kier alpha value is -1.68. The summed E-state index contributed by atoms with van der Waals surface area (Å²) in [6.45, 7) is 4.30. The number of aryl methyl sites for hydroxylation is 2. The van der Waals surface area contributed by atoms with Gasteiger partial charge in [-0.3, -0.25) is 11.3 Å². The highest BCUT2D eigenvalue weighted by Crippen LogP contribution is 2.31. The zero-order valence-corrected chi connectivity index (χ0v) is 13.2. The Labute approximate surface area is 129 Å². The molecule has 0 saturated carbocycles. The van der Waals surface area contributed by atoms with Gasteiger partial charge in [0.1, 0.15) is 0 Å². The average molecular weight is 296 g/mol. The summed E-state index contributed by atoms with van der Waals surface area (Å²) in [6.07, 6.45) is 0.901. The molecule has 2 aromatic carbocycles. The van der Waals surface area contributed by atoms with Gasteiger partial charge in [0.05, 0.1) is 6.04 Å². The van der Waals surface area contributed by atoms with Crippen molar-refractivity contribution in [3.63, 3.8) is 0 Å². The fraction of sp³-hybridized carbons (Fsp3) is 0.222. The molecular formula is C18H20N2S. The van der Waals surface area contributed by atoms with Crippen LogP contribution in [0.5, 0.6) is 0 Å². The monoisotopic (exact) mass is 296 g/mol. The van der Waals surface area contributed by atoms with Crippen molar-refractivity contribution < 1.29 is 0 Å². The van der Waals surface area contributed by atoms with Crippen LogP contribution in [-0.4, -0.2) is 0 Å². The van der Waals surface area contributed by atoms with Crippen molar-refractivity contribution >= 4 is 21.4 Å². The Morgan fingerprint density at radius 3 is 2.67 bits per heavy atom. The summed E-state index contributed by atoms with van der Waals surface area (Å²) >= 11 is 1.78. The van der Waals surface area contributed by atoms with Crippen LogP contribution in [0.2, 0.25) is 0 Å². The lowest BCUT2D eigenvalue weighted by Gasteiger charge is -2.16. The van der Waals surface area contributed by atoms with Crippen LogP contribution >= 0.6 is 11.3 Å². The lowest BCUT2D eigenvalue weighted by molar-refractivity contribution is 0.556. The number of hydrogen-bond acceptors (Lipinski definition) is 3. The van der Waals surface area contributed by atoms with E-state index in [-0.39, 0.29) is 6.04 Å². The standard InChI is InChI=1S/C18H20N2S/c1-12-7-8-14(9-13(12)2)10-17(20-19)16-11-21-18-6-4-3-5-15(16)18/h3-9,11,17,20H,10,19H2,1-2H3. The second-order valence-electron chi connectivity index (χ2n) is 5.53. The molecular weight excluding hydrogens is 276 g/mol. The number of thiophene rings is 1. The minimum atomic E-state index is 0.142. The number of benzene rings is 2. The molecule has 108 valence electrons. The van der Waals surface area contributed by atoms with Gasteiger partial charge in [-0.25, -0.2) is 0 Å². The van der Waals surface area contributed by atoms with E-state index in [9.17, 15) is 0 Å². The lowest BCUT2D eigenvalue weighted by Crippen LogP contribution is -2.29. The van der Waals surface area contributed by atoms with Gasteiger partial charge < -0.3 is 0 Å². The van der Waals surface area contributed by atoms with Crippen LogP contribution in [0.15, 0.2) is 47.8 Å². The average Bonchev–Trinajstić information content (AvgIpc) is 2.92. The van der Waals surface area contributed by atoms with Crippen molar-refractivity contribution in [3.8, 4) is 0 Å². The molecule has 0 amide bonds. The maximum absolute atomic E-state index is 5.83. The molecule has 0 bridgehead atoms. The van der Waals surface area contributed by atoms with E-state index in [1.165, 1.54) is 32.3 Å². The number of hydrogen-bond donors (Lipinski definition) is 2. The zero-order valence-electron chi connectivity index (χ0n) is 12.4. The minimum Gasteiger partial charge on any atom is -0.271 e. The number of nitrogens with one attached hydrogen (secondary N) is 1. The summed E-state index contributed by atoms with van der Waals surface area (Å²) < 4.78 is 1.31. The SMILES string of the molecule is Cc1ccc(CC(NN)c2csc3ccccc23)cc1C. The largest absolute Gasteiger partial charge is 0.271 e. The van der Waals surface area contributed by atoms with Crippen molar-refractivity contribution in [3.05, 3.63) is 70.1 Å². The van der Waals surface area contributed by atoms with Crippen molar-refractivity contribution in [2.75, 3.05) is 0 Å². The molecule has 3 rings (SSSR count). The normalized spacial score (nSPS) is 12.7. The Balaban J connectivity index is 1.93. The Morgan fingerprint density at radius 1 is 1.10 bits per heavy atom. The summed E-state index contributed by atoms with van der Waals surface area (Å²) in [4.78, 5) is 0. The highest BCUT2D eigenvalue weighted by atomic mass is 32.1. The van der Waals surface area contributed by atoms with Crippen LogP contribution in [0, 0.1) is 13.8 Å². The predicted octanol–water partition coefficient (Wildman–Crippen LogP) is 4.27. The third kappa shape index (κ3) is 2.86. The number of fused-ring (bicyclic) bond motifs is 1. The van der Waals surface area contributed by atoms with Crippen molar-refractivity contribution in [2.24, 2.45) is 5.84 Å². The first-order chi connectivity index (χ1) is 10.2. The van der Waals surface area contributed by atoms with E-state index in [2.05, 4.69) is 67.1 Å². The van der Waals surface area contributed by atoms with Crippen LogP contribution in [0.25, 0.3) is 10.1 Å². The van der Waals surface area contributed by atoms with Crippen LogP contribution in [0.3, 0.4) is 0 Å². The van der Waals surface area contributed by atoms with Crippen LogP contribution in [-0.2, 0) is 6.42 Å². The molecule has 1 heterocycles. The van der Waals surface area contributed by atoms with Gasteiger partial charge in [0, 0.05) is 4.70 Å². The van der Waals surface area contributed by atoms with Gasteiger partial charge >= 0.3 is 0 Å². The van der Waals surface area contributed by atoms with E-state index in [0.717, 1.165) is 6.42 Å². The van der Waals surface area contributed by atoms with Gasteiger partial charge in [0.2, 0.25) is 0 Å².